The van der Waals surface area contributed by atoms with Crippen LogP contribution in [0.1, 0.15) is 25.0 Å². The van der Waals surface area contributed by atoms with Gasteiger partial charge in [0, 0.05) is 0 Å². The van der Waals surface area contributed by atoms with Crippen molar-refractivity contribution in [3.05, 3.63) is 72.0 Å². The van der Waals surface area contributed by atoms with Crippen molar-refractivity contribution in [1.82, 2.24) is 0 Å². The van der Waals surface area contributed by atoms with E-state index in [-0.39, 0.29) is 0 Å². The summed E-state index contributed by atoms with van der Waals surface area (Å²) in [7, 11) is 0. The molecule has 0 amide bonds. The number of hydrogen-bond acceptors (Lipinski definition) is 3. The van der Waals surface area contributed by atoms with E-state index in [0.717, 1.165) is 16.7 Å². The Labute approximate surface area is 131 Å². The van der Waals surface area contributed by atoms with Crippen LogP contribution in [0.15, 0.2) is 60.9 Å². The van der Waals surface area contributed by atoms with Crippen molar-refractivity contribution < 1.29 is 14.3 Å². The fourth-order valence-corrected chi connectivity index (χ4v) is 1.83. The maximum Gasteiger partial charge on any atom is 0.352 e. The number of rotatable bonds is 5. The number of esters is 1. The van der Waals surface area contributed by atoms with Gasteiger partial charge < -0.3 is 9.47 Å². The van der Waals surface area contributed by atoms with Crippen LogP contribution in [0.5, 0.6) is 5.75 Å². The first kappa shape index (κ1) is 15.8. The smallest absolute Gasteiger partial charge is 0.352 e. The number of ether oxygens (including phenoxy) is 2. The van der Waals surface area contributed by atoms with Gasteiger partial charge in [-0.25, -0.2) is 4.79 Å². The maximum atomic E-state index is 12.0. The summed E-state index contributed by atoms with van der Waals surface area (Å²) in [5, 5.41) is 0. The fourth-order valence-electron chi connectivity index (χ4n) is 1.83. The van der Waals surface area contributed by atoms with Gasteiger partial charge in [-0.2, -0.15) is 0 Å². The summed E-state index contributed by atoms with van der Waals surface area (Å²) >= 11 is 0. The number of allylic oxidation sites excluding steroid dienone is 1. The van der Waals surface area contributed by atoms with Crippen molar-refractivity contribution in [2.45, 2.75) is 26.9 Å². The second kappa shape index (κ2) is 7.46. The summed E-state index contributed by atoms with van der Waals surface area (Å²) < 4.78 is 10.8. The molecule has 3 nitrogen and oxygen atoms in total. The molecule has 0 saturated heterocycles. The molecule has 0 aliphatic carbocycles. The van der Waals surface area contributed by atoms with Crippen LogP contribution in [0.25, 0.3) is 5.57 Å². The Morgan fingerprint density at radius 3 is 2.32 bits per heavy atom. The number of carbonyl (C=O) groups is 1. The van der Waals surface area contributed by atoms with Gasteiger partial charge in [-0.15, -0.1) is 0 Å². The van der Waals surface area contributed by atoms with E-state index >= 15 is 0 Å². The Kier molecular flexibility index (Phi) is 5.37. The Morgan fingerprint density at radius 1 is 1.05 bits per heavy atom. The molecule has 2 aromatic rings. The molecule has 2 aromatic carbocycles. The number of hydrogen-bond donors (Lipinski definition) is 0. The summed E-state index contributed by atoms with van der Waals surface area (Å²) in [6, 6.07) is 17.2. The standard InChI is InChI=1S/C19H20O3/c1-14-9-11-18(12-10-14)22-19(20)16(3)21-13-15(2)17-7-5-4-6-8-17/h4-13,16H,1-3H3. The molecule has 0 spiro atoms. The van der Waals surface area contributed by atoms with Gasteiger partial charge in [0.25, 0.3) is 0 Å². The predicted octanol–water partition coefficient (Wildman–Crippen LogP) is 4.37. The summed E-state index contributed by atoms with van der Waals surface area (Å²) in [6.45, 7) is 5.59. The predicted molar refractivity (Wildman–Crippen MR) is 87.5 cm³/mol. The zero-order chi connectivity index (χ0) is 15.9. The largest absolute Gasteiger partial charge is 0.486 e. The third-order valence-electron chi connectivity index (χ3n) is 3.25. The van der Waals surface area contributed by atoms with Crippen LogP contribution in [-0.4, -0.2) is 12.1 Å². The van der Waals surface area contributed by atoms with Crippen molar-refractivity contribution in [3.63, 3.8) is 0 Å². The van der Waals surface area contributed by atoms with Crippen LogP contribution in [0.4, 0.5) is 0 Å². The molecule has 0 N–H and O–H groups in total. The van der Waals surface area contributed by atoms with Crippen LogP contribution >= 0.6 is 0 Å². The Hall–Kier alpha value is -2.55. The van der Waals surface area contributed by atoms with E-state index in [9.17, 15) is 4.79 Å². The minimum atomic E-state index is -0.667. The molecule has 0 heterocycles. The molecule has 114 valence electrons. The summed E-state index contributed by atoms with van der Waals surface area (Å²) in [6.07, 6.45) is 0.927. The molecular formula is C19H20O3. The Bertz CT molecular complexity index is 642. The van der Waals surface area contributed by atoms with Gasteiger partial charge in [0.1, 0.15) is 5.75 Å². The highest BCUT2D eigenvalue weighted by atomic mass is 16.6. The third kappa shape index (κ3) is 4.48. The minimum Gasteiger partial charge on any atom is -0.486 e. The van der Waals surface area contributed by atoms with Crippen molar-refractivity contribution >= 4 is 11.5 Å². The quantitative estimate of drug-likeness (QED) is 0.467. The lowest BCUT2D eigenvalue weighted by Crippen LogP contribution is -2.24. The van der Waals surface area contributed by atoms with Gasteiger partial charge in [0.15, 0.2) is 6.10 Å². The van der Waals surface area contributed by atoms with Gasteiger partial charge >= 0.3 is 5.97 Å². The molecule has 3 heteroatoms. The highest BCUT2D eigenvalue weighted by Gasteiger charge is 2.15. The van der Waals surface area contributed by atoms with Gasteiger partial charge in [-0.3, -0.25) is 0 Å². The van der Waals surface area contributed by atoms with Crippen LogP contribution < -0.4 is 4.74 Å². The summed E-state index contributed by atoms with van der Waals surface area (Å²) in [5.41, 5.74) is 3.13. The zero-order valence-electron chi connectivity index (χ0n) is 13.1. The van der Waals surface area contributed by atoms with E-state index in [1.54, 1.807) is 25.3 Å². The number of carbonyl (C=O) groups excluding carboxylic acids is 1. The number of aryl methyl sites for hydroxylation is 1. The SMILES string of the molecule is CC(=COC(C)C(=O)Oc1ccc(C)cc1)c1ccccc1. The molecule has 1 unspecified atom stereocenters. The molecule has 0 bridgehead atoms. The van der Waals surface area contributed by atoms with Crippen LogP contribution in [0.2, 0.25) is 0 Å². The van der Waals surface area contributed by atoms with E-state index in [1.807, 2.05) is 56.3 Å². The topological polar surface area (TPSA) is 35.5 Å². The van der Waals surface area contributed by atoms with Crippen LogP contribution in [-0.2, 0) is 9.53 Å². The molecule has 0 fully saturated rings. The molecule has 1 atom stereocenters. The summed E-state index contributed by atoms with van der Waals surface area (Å²) in [5.74, 6) is 0.107. The van der Waals surface area contributed by atoms with E-state index in [4.69, 9.17) is 9.47 Å². The molecule has 0 aliphatic heterocycles. The lowest BCUT2D eigenvalue weighted by atomic mass is 10.1. The molecule has 2 rings (SSSR count). The van der Waals surface area contributed by atoms with E-state index in [1.165, 1.54) is 0 Å². The second-order valence-electron chi connectivity index (χ2n) is 5.18. The molecular weight excluding hydrogens is 276 g/mol. The van der Waals surface area contributed by atoms with Crippen molar-refractivity contribution in [2.24, 2.45) is 0 Å². The molecule has 0 radical (unpaired) electrons. The molecule has 22 heavy (non-hydrogen) atoms. The van der Waals surface area contributed by atoms with Gasteiger partial charge in [-0.05, 0) is 44.0 Å². The Morgan fingerprint density at radius 2 is 1.68 bits per heavy atom. The molecule has 0 aliphatic rings. The highest BCUT2D eigenvalue weighted by Crippen LogP contribution is 2.15. The van der Waals surface area contributed by atoms with Gasteiger partial charge in [0.2, 0.25) is 0 Å². The lowest BCUT2D eigenvalue weighted by molar-refractivity contribution is -0.143. The first-order chi connectivity index (χ1) is 10.6. The average molecular weight is 296 g/mol. The average Bonchev–Trinajstić information content (AvgIpc) is 2.55. The van der Waals surface area contributed by atoms with Crippen molar-refractivity contribution in [1.29, 1.82) is 0 Å². The van der Waals surface area contributed by atoms with Crippen LogP contribution in [0, 0.1) is 6.92 Å². The Balaban J connectivity index is 1.92. The summed E-state index contributed by atoms with van der Waals surface area (Å²) in [4.78, 5) is 12.0. The number of benzene rings is 2. The second-order valence-corrected chi connectivity index (χ2v) is 5.18. The van der Waals surface area contributed by atoms with E-state index in [0.29, 0.717) is 5.75 Å². The minimum absolute atomic E-state index is 0.416. The van der Waals surface area contributed by atoms with Crippen LogP contribution in [0.3, 0.4) is 0 Å². The van der Waals surface area contributed by atoms with Gasteiger partial charge in [0.05, 0.1) is 6.26 Å². The lowest BCUT2D eigenvalue weighted by Gasteiger charge is -2.12. The van der Waals surface area contributed by atoms with E-state index < -0.39 is 12.1 Å². The molecule has 0 aromatic heterocycles. The first-order valence-corrected chi connectivity index (χ1v) is 7.22. The normalized spacial score (nSPS) is 12.6. The third-order valence-corrected chi connectivity index (χ3v) is 3.25. The highest BCUT2D eigenvalue weighted by molar-refractivity contribution is 5.77. The fraction of sp³-hybridized carbons (Fsp3) is 0.211. The zero-order valence-corrected chi connectivity index (χ0v) is 13.1. The molecule has 0 saturated carbocycles. The maximum absolute atomic E-state index is 12.0. The van der Waals surface area contributed by atoms with Crippen molar-refractivity contribution in [3.8, 4) is 5.75 Å². The van der Waals surface area contributed by atoms with E-state index in [2.05, 4.69) is 0 Å². The van der Waals surface area contributed by atoms with Gasteiger partial charge in [-0.1, -0.05) is 48.0 Å². The van der Waals surface area contributed by atoms with Crippen molar-refractivity contribution in [2.75, 3.05) is 0 Å². The first-order valence-electron chi connectivity index (χ1n) is 7.22. The monoisotopic (exact) mass is 296 g/mol.